The van der Waals surface area contributed by atoms with Crippen molar-refractivity contribution in [3.05, 3.63) is 53.9 Å². The number of aliphatic hydroxyl groups is 1. The Morgan fingerprint density at radius 1 is 1.19 bits per heavy atom. The molecule has 1 N–H and O–H groups in total. The lowest BCUT2D eigenvalue weighted by molar-refractivity contribution is 0.169. The Balaban J connectivity index is 1.94. The summed E-state index contributed by atoms with van der Waals surface area (Å²) in [5, 5.41) is 10.4. The van der Waals surface area contributed by atoms with Gasteiger partial charge in [-0.05, 0) is 32.0 Å². The number of rotatable bonds is 4. The highest BCUT2D eigenvalue weighted by atomic mass is 16.3. The Morgan fingerprint density at radius 3 is 2.76 bits per heavy atom. The topological polar surface area (TPSA) is 63.8 Å². The third kappa shape index (κ3) is 2.64. The minimum atomic E-state index is -0.672. The second-order valence-corrected chi connectivity index (χ2v) is 5.01. The molecule has 0 saturated heterocycles. The number of hydrogen-bond acceptors (Lipinski definition) is 4. The number of benzene rings is 1. The van der Waals surface area contributed by atoms with Gasteiger partial charge in [-0.25, -0.2) is 15.0 Å². The van der Waals surface area contributed by atoms with Crippen LogP contribution in [0.25, 0.3) is 11.0 Å². The van der Waals surface area contributed by atoms with Crippen LogP contribution in [0.2, 0.25) is 0 Å². The molecule has 0 amide bonds. The van der Waals surface area contributed by atoms with E-state index in [9.17, 15) is 5.11 Å². The molecule has 0 aliphatic carbocycles. The highest BCUT2D eigenvalue weighted by Crippen LogP contribution is 2.21. The molecule has 5 nitrogen and oxygen atoms in total. The minimum Gasteiger partial charge on any atom is -0.386 e. The average molecular weight is 282 g/mol. The van der Waals surface area contributed by atoms with Gasteiger partial charge in [0.05, 0.1) is 16.7 Å². The predicted octanol–water partition coefficient (Wildman–Crippen LogP) is 2.43. The molecular formula is C16H18N4O. The molecule has 108 valence electrons. The highest BCUT2D eigenvalue weighted by molar-refractivity contribution is 5.75. The van der Waals surface area contributed by atoms with Gasteiger partial charge in [0.15, 0.2) is 0 Å². The van der Waals surface area contributed by atoms with Crippen LogP contribution in [0.3, 0.4) is 0 Å². The molecule has 0 saturated carbocycles. The van der Waals surface area contributed by atoms with E-state index in [2.05, 4.69) is 32.5 Å². The lowest BCUT2D eigenvalue weighted by Crippen LogP contribution is -2.10. The van der Waals surface area contributed by atoms with Gasteiger partial charge in [-0.1, -0.05) is 12.1 Å². The van der Waals surface area contributed by atoms with Crippen molar-refractivity contribution in [2.45, 2.75) is 32.9 Å². The second-order valence-electron chi connectivity index (χ2n) is 5.01. The predicted molar refractivity (Wildman–Crippen MR) is 80.8 cm³/mol. The lowest BCUT2D eigenvalue weighted by Gasteiger charge is -2.11. The molecule has 21 heavy (non-hydrogen) atoms. The zero-order valence-corrected chi connectivity index (χ0v) is 12.2. The first-order valence-electron chi connectivity index (χ1n) is 7.10. The van der Waals surface area contributed by atoms with Crippen LogP contribution >= 0.6 is 0 Å². The maximum absolute atomic E-state index is 10.4. The van der Waals surface area contributed by atoms with Crippen LogP contribution < -0.4 is 0 Å². The van der Waals surface area contributed by atoms with Gasteiger partial charge in [0.25, 0.3) is 0 Å². The third-order valence-electron chi connectivity index (χ3n) is 3.56. The largest absolute Gasteiger partial charge is 0.386 e. The maximum atomic E-state index is 10.4. The first-order chi connectivity index (χ1) is 10.2. The lowest BCUT2D eigenvalue weighted by atomic mass is 10.1. The van der Waals surface area contributed by atoms with Crippen molar-refractivity contribution in [3.63, 3.8) is 0 Å². The van der Waals surface area contributed by atoms with Gasteiger partial charge in [0.1, 0.15) is 17.8 Å². The molecule has 3 rings (SSSR count). The van der Waals surface area contributed by atoms with Crippen molar-refractivity contribution in [2.75, 3.05) is 0 Å². The van der Waals surface area contributed by atoms with Gasteiger partial charge in [-0.3, -0.25) is 0 Å². The molecule has 1 atom stereocenters. The van der Waals surface area contributed by atoms with Crippen LogP contribution in [0.1, 0.15) is 30.4 Å². The Morgan fingerprint density at radius 2 is 2.00 bits per heavy atom. The smallest absolute Gasteiger partial charge is 0.125 e. The van der Waals surface area contributed by atoms with Crippen molar-refractivity contribution in [1.29, 1.82) is 0 Å². The molecule has 0 aliphatic rings. The van der Waals surface area contributed by atoms with E-state index in [1.54, 1.807) is 12.3 Å². The fourth-order valence-corrected chi connectivity index (χ4v) is 2.57. The monoisotopic (exact) mass is 282 g/mol. The van der Waals surface area contributed by atoms with Gasteiger partial charge >= 0.3 is 0 Å². The summed E-state index contributed by atoms with van der Waals surface area (Å²) in [4.78, 5) is 13.0. The molecule has 0 fully saturated rings. The molecular weight excluding hydrogens is 264 g/mol. The van der Waals surface area contributed by atoms with Gasteiger partial charge in [-0.15, -0.1) is 0 Å². The molecule has 5 heteroatoms. The molecule has 0 radical (unpaired) electrons. The number of hydrogen-bond donors (Lipinski definition) is 1. The van der Waals surface area contributed by atoms with E-state index in [0.29, 0.717) is 17.9 Å². The standard InChI is InChI=1S/C16H18N4O/c1-3-20-14-7-5-4-6-12(14)19-16(20)10-15(21)13-8-9-17-11(2)18-13/h4-9,15,21H,3,10H2,1-2H3. The summed E-state index contributed by atoms with van der Waals surface area (Å²) in [7, 11) is 0. The van der Waals surface area contributed by atoms with Crippen LogP contribution in [-0.4, -0.2) is 24.6 Å². The zero-order chi connectivity index (χ0) is 14.8. The van der Waals surface area contributed by atoms with E-state index in [4.69, 9.17) is 0 Å². The van der Waals surface area contributed by atoms with Gasteiger partial charge in [-0.2, -0.15) is 0 Å². The summed E-state index contributed by atoms with van der Waals surface area (Å²) in [6.45, 7) is 4.72. The van der Waals surface area contributed by atoms with E-state index in [0.717, 1.165) is 23.4 Å². The van der Waals surface area contributed by atoms with E-state index in [-0.39, 0.29) is 0 Å². The molecule has 0 spiro atoms. The fraction of sp³-hybridized carbons (Fsp3) is 0.312. The van der Waals surface area contributed by atoms with Crippen LogP contribution in [0.5, 0.6) is 0 Å². The van der Waals surface area contributed by atoms with Crippen molar-refractivity contribution in [3.8, 4) is 0 Å². The van der Waals surface area contributed by atoms with Crippen LogP contribution in [0.4, 0.5) is 0 Å². The third-order valence-corrected chi connectivity index (χ3v) is 3.56. The molecule has 2 heterocycles. The SMILES string of the molecule is CCn1c(CC(O)c2ccnc(C)n2)nc2ccccc21. The number of imidazole rings is 1. The number of aromatic nitrogens is 4. The minimum absolute atomic E-state index is 0.443. The van der Waals surface area contributed by atoms with Crippen molar-refractivity contribution >= 4 is 11.0 Å². The normalized spacial score (nSPS) is 12.7. The Kier molecular flexibility index (Phi) is 3.66. The molecule has 0 aliphatic heterocycles. The van der Waals surface area contributed by atoms with Gasteiger partial charge in [0.2, 0.25) is 0 Å². The first kappa shape index (κ1) is 13.7. The quantitative estimate of drug-likeness (QED) is 0.798. The van der Waals surface area contributed by atoms with Crippen molar-refractivity contribution in [2.24, 2.45) is 0 Å². The molecule has 2 aromatic heterocycles. The number of para-hydroxylation sites is 2. The fourth-order valence-electron chi connectivity index (χ4n) is 2.57. The highest BCUT2D eigenvalue weighted by Gasteiger charge is 2.16. The molecule has 0 bridgehead atoms. The van der Waals surface area contributed by atoms with E-state index in [1.165, 1.54) is 0 Å². The maximum Gasteiger partial charge on any atom is 0.125 e. The molecule has 1 aromatic carbocycles. The summed E-state index contributed by atoms with van der Waals surface area (Å²) in [5.41, 5.74) is 2.69. The number of nitrogens with zero attached hydrogens (tertiary/aromatic N) is 4. The van der Waals surface area contributed by atoms with Crippen molar-refractivity contribution in [1.82, 2.24) is 19.5 Å². The van der Waals surface area contributed by atoms with Crippen LogP contribution in [-0.2, 0) is 13.0 Å². The van der Waals surface area contributed by atoms with Gasteiger partial charge in [0, 0.05) is 19.2 Å². The summed E-state index contributed by atoms with van der Waals surface area (Å²) in [6, 6.07) is 9.77. The number of aryl methyl sites for hydroxylation is 2. The second kappa shape index (κ2) is 5.61. The van der Waals surface area contributed by atoms with E-state index in [1.807, 2.05) is 25.1 Å². The number of aliphatic hydroxyl groups excluding tert-OH is 1. The Bertz CT molecular complexity index is 766. The molecule has 1 unspecified atom stereocenters. The average Bonchev–Trinajstić information content (AvgIpc) is 2.84. The van der Waals surface area contributed by atoms with Crippen LogP contribution in [0, 0.1) is 6.92 Å². The van der Waals surface area contributed by atoms with E-state index < -0.39 is 6.10 Å². The zero-order valence-electron chi connectivity index (χ0n) is 12.2. The summed E-state index contributed by atoms with van der Waals surface area (Å²) < 4.78 is 2.13. The Labute approximate surface area is 123 Å². The first-order valence-corrected chi connectivity index (χ1v) is 7.10. The Hall–Kier alpha value is -2.27. The number of fused-ring (bicyclic) bond motifs is 1. The summed E-state index contributed by atoms with van der Waals surface area (Å²) in [5.74, 6) is 1.54. The van der Waals surface area contributed by atoms with Gasteiger partial charge < -0.3 is 9.67 Å². The summed E-state index contributed by atoms with van der Waals surface area (Å²) >= 11 is 0. The van der Waals surface area contributed by atoms with Crippen molar-refractivity contribution < 1.29 is 5.11 Å². The summed E-state index contributed by atoms with van der Waals surface area (Å²) in [6.07, 6.45) is 1.44. The molecule has 3 aromatic rings. The van der Waals surface area contributed by atoms with Crippen LogP contribution in [0.15, 0.2) is 36.5 Å². The van der Waals surface area contributed by atoms with E-state index >= 15 is 0 Å².